The maximum absolute atomic E-state index is 2.38. The molecule has 0 nitrogen and oxygen atoms in total. The first-order valence-corrected chi connectivity index (χ1v) is 11.1. The highest BCUT2D eigenvalue weighted by atomic mass is 14.3. The van der Waals surface area contributed by atoms with Crippen LogP contribution in [0.5, 0.6) is 0 Å². The van der Waals surface area contributed by atoms with Crippen LogP contribution < -0.4 is 0 Å². The second-order valence-electron chi connectivity index (χ2n) is 8.58. The summed E-state index contributed by atoms with van der Waals surface area (Å²) in [7, 11) is 0. The molecule has 0 bridgehead atoms. The molecule has 0 aliphatic heterocycles. The molecule has 0 heteroatoms. The molecule has 0 heterocycles. The third kappa shape index (κ3) is 2.50. The van der Waals surface area contributed by atoms with Crippen molar-refractivity contribution in [2.45, 2.75) is 0 Å². The van der Waals surface area contributed by atoms with Gasteiger partial charge in [0.15, 0.2) is 0 Å². The summed E-state index contributed by atoms with van der Waals surface area (Å²) in [6.45, 7) is 0. The monoisotopic (exact) mass is 404 g/mol. The van der Waals surface area contributed by atoms with Gasteiger partial charge in [0, 0.05) is 0 Å². The van der Waals surface area contributed by atoms with Crippen LogP contribution in [0.4, 0.5) is 0 Å². The first kappa shape index (κ1) is 17.5. The minimum atomic E-state index is 1.27. The van der Waals surface area contributed by atoms with E-state index < -0.39 is 0 Å². The molecule has 32 heavy (non-hydrogen) atoms. The fraction of sp³-hybridized carbons (Fsp3) is 0. The Morgan fingerprint density at radius 1 is 0.219 bits per heavy atom. The molecule has 0 atom stereocenters. The molecular formula is C32H20. The molecular weight excluding hydrogens is 384 g/mol. The molecule has 0 radical (unpaired) electrons. The highest BCUT2D eigenvalue weighted by Crippen LogP contribution is 2.49. The van der Waals surface area contributed by atoms with E-state index in [0.29, 0.717) is 0 Å². The normalized spacial score (nSPS) is 11.8. The summed E-state index contributed by atoms with van der Waals surface area (Å²) in [5.74, 6) is 0. The fourth-order valence-electron chi connectivity index (χ4n) is 5.28. The molecule has 6 aromatic carbocycles. The van der Waals surface area contributed by atoms with E-state index in [4.69, 9.17) is 0 Å². The zero-order chi connectivity index (χ0) is 21.1. The van der Waals surface area contributed by atoms with E-state index in [2.05, 4.69) is 121 Å². The lowest BCUT2D eigenvalue weighted by atomic mass is 9.79. The SMILES string of the molecule is c1ccc2c(c1)-c1ccccc1-c1cc3ccccc3cc1-c1cc3ccccc3cc1-2. The Kier molecular flexibility index (Phi) is 3.65. The lowest BCUT2D eigenvalue weighted by Crippen LogP contribution is -1.97. The lowest BCUT2D eigenvalue weighted by Gasteiger charge is -2.24. The Bertz CT molecular complexity index is 1540. The van der Waals surface area contributed by atoms with Gasteiger partial charge in [0.1, 0.15) is 0 Å². The van der Waals surface area contributed by atoms with Gasteiger partial charge in [-0.2, -0.15) is 0 Å². The van der Waals surface area contributed by atoms with Crippen LogP contribution in [-0.2, 0) is 0 Å². The van der Waals surface area contributed by atoms with Crippen molar-refractivity contribution in [3.8, 4) is 44.5 Å². The number of hydrogen-bond acceptors (Lipinski definition) is 0. The minimum Gasteiger partial charge on any atom is -0.0616 e. The summed E-state index contributed by atoms with van der Waals surface area (Å²) in [5, 5.41) is 5.10. The van der Waals surface area contributed by atoms with Crippen molar-refractivity contribution in [3.05, 3.63) is 121 Å². The van der Waals surface area contributed by atoms with E-state index in [9.17, 15) is 0 Å². The van der Waals surface area contributed by atoms with Crippen LogP contribution in [0.3, 0.4) is 0 Å². The Morgan fingerprint density at radius 3 is 0.750 bits per heavy atom. The zero-order valence-corrected chi connectivity index (χ0v) is 17.5. The van der Waals surface area contributed by atoms with Crippen LogP contribution in [-0.4, -0.2) is 0 Å². The van der Waals surface area contributed by atoms with Gasteiger partial charge in [0.2, 0.25) is 0 Å². The summed E-state index contributed by atoms with van der Waals surface area (Å²) in [6.07, 6.45) is 0. The van der Waals surface area contributed by atoms with E-state index in [0.717, 1.165) is 0 Å². The standard InChI is InChI=1S/C32H20/c1-3-11-23-19-31-29(17-21(23)9-1)27-15-7-5-13-25(27)26-14-6-8-16-28(26)30-18-22-10-2-4-12-24(22)20-32(30)31/h1-20H. The number of rotatable bonds is 0. The third-order valence-corrected chi connectivity index (χ3v) is 6.79. The number of fused-ring (bicyclic) bond motifs is 10. The predicted octanol–water partition coefficient (Wildman–Crippen LogP) is 8.97. The first-order valence-electron chi connectivity index (χ1n) is 11.1. The molecule has 0 saturated heterocycles. The average molecular weight is 405 g/mol. The Hall–Kier alpha value is -4.16. The Labute approximate surface area is 187 Å². The zero-order valence-electron chi connectivity index (χ0n) is 17.5. The largest absolute Gasteiger partial charge is 0.0616 e. The molecule has 0 N–H and O–H groups in total. The molecule has 148 valence electrons. The van der Waals surface area contributed by atoms with Gasteiger partial charge < -0.3 is 0 Å². The van der Waals surface area contributed by atoms with Crippen molar-refractivity contribution in [1.29, 1.82) is 0 Å². The molecule has 0 amide bonds. The summed E-state index contributed by atoms with van der Waals surface area (Å²) in [5.41, 5.74) is 10.4. The van der Waals surface area contributed by atoms with Crippen LogP contribution in [0, 0.1) is 0 Å². The fourth-order valence-corrected chi connectivity index (χ4v) is 5.28. The molecule has 0 aromatic heterocycles. The van der Waals surface area contributed by atoms with Crippen LogP contribution in [0.15, 0.2) is 121 Å². The van der Waals surface area contributed by atoms with E-state index >= 15 is 0 Å². The van der Waals surface area contributed by atoms with Gasteiger partial charge in [0.05, 0.1) is 0 Å². The van der Waals surface area contributed by atoms with Gasteiger partial charge >= 0.3 is 0 Å². The van der Waals surface area contributed by atoms with Crippen molar-refractivity contribution in [2.75, 3.05) is 0 Å². The third-order valence-electron chi connectivity index (χ3n) is 6.79. The molecule has 1 aliphatic carbocycles. The van der Waals surface area contributed by atoms with Crippen LogP contribution in [0.25, 0.3) is 66.1 Å². The van der Waals surface area contributed by atoms with Gasteiger partial charge in [-0.25, -0.2) is 0 Å². The summed E-state index contributed by atoms with van der Waals surface area (Å²) in [6, 6.07) is 44.5. The average Bonchev–Trinajstić information content (AvgIpc) is 2.86. The Morgan fingerprint density at radius 2 is 0.438 bits per heavy atom. The van der Waals surface area contributed by atoms with Crippen molar-refractivity contribution in [1.82, 2.24) is 0 Å². The molecule has 0 unspecified atom stereocenters. The van der Waals surface area contributed by atoms with E-state index in [1.807, 2.05) is 0 Å². The summed E-state index contributed by atoms with van der Waals surface area (Å²) >= 11 is 0. The first-order chi connectivity index (χ1) is 15.9. The van der Waals surface area contributed by atoms with Crippen molar-refractivity contribution in [3.63, 3.8) is 0 Å². The van der Waals surface area contributed by atoms with Crippen LogP contribution in [0.2, 0.25) is 0 Å². The predicted molar refractivity (Wildman–Crippen MR) is 137 cm³/mol. The minimum absolute atomic E-state index is 1.27. The van der Waals surface area contributed by atoms with E-state index in [-0.39, 0.29) is 0 Å². The molecule has 0 spiro atoms. The van der Waals surface area contributed by atoms with Gasteiger partial charge in [0.25, 0.3) is 0 Å². The van der Waals surface area contributed by atoms with Gasteiger partial charge in [-0.3, -0.25) is 0 Å². The quantitative estimate of drug-likeness (QED) is 0.237. The van der Waals surface area contributed by atoms with Gasteiger partial charge in [-0.05, 0) is 90.3 Å². The molecule has 0 fully saturated rings. The van der Waals surface area contributed by atoms with Crippen molar-refractivity contribution in [2.24, 2.45) is 0 Å². The maximum atomic E-state index is 2.38. The van der Waals surface area contributed by atoms with E-state index in [1.165, 1.54) is 66.1 Å². The maximum Gasteiger partial charge on any atom is -0.00923 e. The number of hydrogen-bond donors (Lipinski definition) is 0. The van der Waals surface area contributed by atoms with Crippen LogP contribution >= 0.6 is 0 Å². The topological polar surface area (TPSA) is 0 Å². The lowest BCUT2D eigenvalue weighted by molar-refractivity contribution is 1.54. The highest BCUT2D eigenvalue weighted by molar-refractivity contribution is 6.09. The number of benzene rings is 6. The highest BCUT2D eigenvalue weighted by Gasteiger charge is 2.22. The van der Waals surface area contributed by atoms with Crippen molar-refractivity contribution < 1.29 is 0 Å². The molecule has 7 rings (SSSR count). The Balaban J connectivity index is 1.72. The molecule has 6 aromatic rings. The van der Waals surface area contributed by atoms with Crippen LogP contribution in [0.1, 0.15) is 0 Å². The second-order valence-corrected chi connectivity index (χ2v) is 8.58. The summed E-state index contributed by atoms with van der Waals surface area (Å²) in [4.78, 5) is 0. The van der Waals surface area contributed by atoms with Gasteiger partial charge in [-0.15, -0.1) is 0 Å². The van der Waals surface area contributed by atoms with E-state index in [1.54, 1.807) is 0 Å². The molecule has 1 aliphatic rings. The second kappa shape index (κ2) is 6.67. The smallest absolute Gasteiger partial charge is 0.00923 e. The molecule has 0 saturated carbocycles. The van der Waals surface area contributed by atoms with Gasteiger partial charge in [-0.1, -0.05) is 97.1 Å². The summed E-state index contributed by atoms with van der Waals surface area (Å²) < 4.78 is 0. The van der Waals surface area contributed by atoms with Crippen molar-refractivity contribution >= 4 is 21.5 Å².